The molecule has 5 aromatic rings. The number of carbonyl (C=O) groups is 2. The van der Waals surface area contributed by atoms with Crippen LogP contribution in [0.15, 0.2) is 97.2 Å². The van der Waals surface area contributed by atoms with Crippen LogP contribution in [0.5, 0.6) is 23.0 Å². The van der Waals surface area contributed by atoms with Gasteiger partial charge in [0.25, 0.3) is 0 Å². The standard InChI is InChI=1S/C39H39FN4O5/c1-25-8-10-26(11-9-25)20-32(28-6-4-3-5-7-28)44-39(46)38(45)43-29-12-13-35(31(40)21-29)49-34-16-19-42-33-23-37(36(47-2)22-30(33)34)48-24-27-14-17-41-18-15-27/h3-13,16,19,21-23,27,32,41H,14-15,17-18,20,24H2,1-2H3,(H,43,45)(H,44,46)/t32-/m0/s1. The maximum atomic E-state index is 15.3. The first-order chi connectivity index (χ1) is 23.9. The van der Waals surface area contributed by atoms with E-state index in [1.165, 1.54) is 12.1 Å². The molecule has 49 heavy (non-hydrogen) atoms. The molecule has 4 aromatic carbocycles. The molecule has 0 unspecified atom stereocenters. The second-order valence-corrected chi connectivity index (χ2v) is 12.2. The van der Waals surface area contributed by atoms with Gasteiger partial charge in [-0.05, 0) is 80.6 Å². The maximum Gasteiger partial charge on any atom is 0.313 e. The van der Waals surface area contributed by atoms with Crippen molar-refractivity contribution >= 4 is 28.4 Å². The predicted molar refractivity (Wildman–Crippen MR) is 187 cm³/mol. The Bertz CT molecular complexity index is 1910. The maximum absolute atomic E-state index is 15.3. The molecule has 1 atom stereocenters. The minimum Gasteiger partial charge on any atom is -0.493 e. The van der Waals surface area contributed by atoms with Crippen LogP contribution in [-0.4, -0.2) is 43.6 Å². The van der Waals surface area contributed by atoms with Gasteiger partial charge >= 0.3 is 11.8 Å². The van der Waals surface area contributed by atoms with Crippen LogP contribution in [0.1, 0.15) is 35.6 Å². The van der Waals surface area contributed by atoms with Gasteiger partial charge in [0.1, 0.15) is 5.75 Å². The van der Waals surface area contributed by atoms with Gasteiger partial charge in [0.15, 0.2) is 23.1 Å². The number of aryl methyl sites for hydroxylation is 1. The molecule has 2 heterocycles. The van der Waals surface area contributed by atoms with Crippen LogP contribution in [0.4, 0.5) is 10.1 Å². The van der Waals surface area contributed by atoms with E-state index in [0.29, 0.717) is 47.1 Å². The van der Waals surface area contributed by atoms with Crippen LogP contribution in [0.2, 0.25) is 0 Å². The van der Waals surface area contributed by atoms with Gasteiger partial charge in [-0.25, -0.2) is 4.39 Å². The van der Waals surface area contributed by atoms with Crippen molar-refractivity contribution in [3.63, 3.8) is 0 Å². The minimum atomic E-state index is -0.914. The van der Waals surface area contributed by atoms with Crippen molar-refractivity contribution in [2.45, 2.75) is 32.2 Å². The number of hydrogen-bond donors (Lipinski definition) is 3. The number of rotatable bonds is 11. The van der Waals surface area contributed by atoms with Crippen molar-refractivity contribution < 1.29 is 28.2 Å². The van der Waals surface area contributed by atoms with E-state index in [0.717, 1.165) is 48.7 Å². The molecule has 0 aliphatic carbocycles. The molecule has 3 N–H and O–H groups in total. The Hall–Kier alpha value is -5.48. The van der Waals surface area contributed by atoms with E-state index in [1.807, 2.05) is 61.5 Å². The Kier molecular flexibility index (Phi) is 10.6. The number of ether oxygens (including phenoxy) is 3. The number of amides is 2. The van der Waals surface area contributed by atoms with Crippen LogP contribution in [0.25, 0.3) is 10.9 Å². The first-order valence-electron chi connectivity index (χ1n) is 16.4. The predicted octanol–water partition coefficient (Wildman–Crippen LogP) is 6.90. The Labute approximate surface area is 284 Å². The first-order valence-corrected chi connectivity index (χ1v) is 16.4. The van der Waals surface area contributed by atoms with Crippen LogP contribution >= 0.6 is 0 Å². The van der Waals surface area contributed by atoms with Gasteiger partial charge < -0.3 is 30.2 Å². The zero-order valence-electron chi connectivity index (χ0n) is 27.5. The largest absolute Gasteiger partial charge is 0.493 e. The molecule has 1 saturated heterocycles. The molecule has 1 fully saturated rings. The number of nitrogens with zero attached hydrogens (tertiary/aromatic N) is 1. The van der Waals surface area contributed by atoms with E-state index in [4.69, 9.17) is 14.2 Å². The average Bonchev–Trinajstić information content (AvgIpc) is 3.13. The SMILES string of the molecule is COc1cc2c(Oc3ccc(NC(=O)C(=O)N[C@@H](Cc4ccc(C)cc4)c4ccccc4)cc3F)ccnc2cc1OCC1CCNCC1. The van der Waals surface area contributed by atoms with Crippen molar-refractivity contribution in [2.24, 2.45) is 5.92 Å². The smallest absolute Gasteiger partial charge is 0.313 e. The first kappa shape index (κ1) is 33.4. The van der Waals surface area contributed by atoms with Gasteiger partial charge in [0.2, 0.25) is 0 Å². The molecule has 9 nitrogen and oxygen atoms in total. The molecule has 10 heteroatoms. The second kappa shape index (κ2) is 15.6. The van der Waals surface area contributed by atoms with Crippen molar-refractivity contribution in [3.05, 3.63) is 120 Å². The van der Waals surface area contributed by atoms with Crippen molar-refractivity contribution in [2.75, 3.05) is 32.1 Å². The molecular formula is C39H39FN4O5. The molecule has 6 rings (SSSR count). The van der Waals surface area contributed by atoms with Crippen molar-refractivity contribution in [1.29, 1.82) is 0 Å². The highest BCUT2D eigenvalue weighted by atomic mass is 19.1. The zero-order valence-corrected chi connectivity index (χ0v) is 27.5. The number of pyridine rings is 1. The lowest BCUT2D eigenvalue weighted by Crippen LogP contribution is -2.38. The quantitative estimate of drug-likeness (QED) is 0.132. The number of fused-ring (bicyclic) bond motifs is 1. The van der Waals surface area contributed by atoms with E-state index >= 15 is 4.39 Å². The molecule has 0 bridgehead atoms. The molecule has 0 radical (unpaired) electrons. The summed E-state index contributed by atoms with van der Waals surface area (Å²) >= 11 is 0. The number of nitrogens with one attached hydrogen (secondary N) is 3. The molecule has 0 spiro atoms. The number of hydrogen-bond acceptors (Lipinski definition) is 7. The lowest BCUT2D eigenvalue weighted by Gasteiger charge is -2.23. The number of carbonyl (C=O) groups excluding carboxylic acids is 2. The summed E-state index contributed by atoms with van der Waals surface area (Å²) in [4.78, 5) is 30.4. The molecule has 2 amide bonds. The summed E-state index contributed by atoms with van der Waals surface area (Å²) in [6, 6.07) is 26.2. The summed E-state index contributed by atoms with van der Waals surface area (Å²) in [5, 5.41) is 9.30. The third-order valence-electron chi connectivity index (χ3n) is 8.60. The Morgan fingerprint density at radius 2 is 1.67 bits per heavy atom. The van der Waals surface area contributed by atoms with Crippen LogP contribution in [0, 0.1) is 18.7 Å². The molecular weight excluding hydrogens is 623 g/mol. The molecule has 252 valence electrons. The van der Waals surface area contributed by atoms with Gasteiger partial charge in [-0.3, -0.25) is 14.6 Å². The average molecular weight is 663 g/mol. The van der Waals surface area contributed by atoms with E-state index in [2.05, 4.69) is 20.9 Å². The van der Waals surface area contributed by atoms with Gasteiger partial charge in [-0.1, -0.05) is 60.2 Å². The van der Waals surface area contributed by atoms with E-state index < -0.39 is 23.7 Å². The third-order valence-corrected chi connectivity index (χ3v) is 8.60. The van der Waals surface area contributed by atoms with Crippen LogP contribution in [0.3, 0.4) is 0 Å². The summed E-state index contributed by atoms with van der Waals surface area (Å²) < 4.78 is 33.1. The van der Waals surface area contributed by atoms with Crippen LogP contribution in [-0.2, 0) is 16.0 Å². The summed E-state index contributed by atoms with van der Waals surface area (Å²) in [7, 11) is 1.56. The van der Waals surface area contributed by atoms with Crippen molar-refractivity contribution in [3.8, 4) is 23.0 Å². The summed E-state index contributed by atoms with van der Waals surface area (Å²) in [5.41, 5.74) is 3.71. The zero-order chi connectivity index (χ0) is 34.2. The van der Waals surface area contributed by atoms with Gasteiger partial charge in [0, 0.05) is 29.4 Å². The molecule has 1 aliphatic rings. The number of benzene rings is 4. The highest BCUT2D eigenvalue weighted by Crippen LogP contribution is 2.38. The number of methoxy groups -OCH3 is 1. The second-order valence-electron chi connectivity index (χ2n) is 12.2. The lowest BCUT2D eigenvalue weighted by molar-refractivity contribution is -0.136. The fourth-order valence-electron chi connectivity index (χ4n) is 5.83. The number of aromatic nitrogens is 1. The topological polar surface area (TPSA) is 111 Å². The Morgan fingerprint density at radius 3 is 2.41 bits per heavy atom. The summed E-state index contributed by atoms with van der Waals surface area (Å²) in [6.45, 7) is 4.55. The highest BCUT2D eigenvalue weighted by Gasteiger charge is 2.22. The number of anilines is 1. The fourth-order valence-corrected chi connectivity index (χ4v) is 5.83. The fraction of sp³-hybridized carbons (Fsp3) is 0.256. The summed E-state index contributed by atoms with van der Waals surface area (Å²) in [5.74, 6) is -0.612. The van der Waals surface area contributed by atoms with Gasteiger partial charge in [-0.2, -0.15) is 0 Å². The van der Waals surface area contributed by atoms with Crippen LogP contribution < -0.4 is 30.2 Å². The van der Waals surface area contributed by atoms with E-state index in [-0.39, 0.29) is 11.4 Å². The molecule has 1 aliphatic heterocycles. The number of halogens is 1. The molecule has 0 saturated carbocycles. The summed E-state index contributed by atoms with van der Waals surface area (Å²) in [6.07, 6.45) is 4.17. The van der Waals surface area contributed by atoms with Gasteiger partial charge in [0.05, 0.1) is 25.3 Å². The molecule has 1 aromatic heterocycles. The normalized spacial score (nSPS) is 13.8. The van der Waals surface area contributed by atoms with E-state index in [1.54, 1.807) is 31.5 Å². The van der Waals surface area contributed by atoms with Crippen molar-refractivity contribution in [1.82, 2.24) is 15.6 Å². The van der Waals surface area contributed by atoms with Gasteiger partial charge in [-0.15, -0.1) is 0 Å². The lowest BCUT2D eigenvalue weighted by atomic mass is 9.98. The minimum absolute atomic E-state index is 0.0672. The number of piperidine rings is 1. The Morgan fingerprint density at radius 1 is 0.898 bits per heavy atom. The third kappa shape index (κ3) is 8.52. The highest BCUT2D eigenvalue weighted by molar-refractivity contribution is 6.39. The Balaban J connectivity index is 1.12. The monoisotopic (exact) mass is 662 g/mol. The van der Waals surface area contributed by atoms with E-state index in [9.17, 15) is 9.59 Å².